The van der Waals surface area contributed by atoms with E-state index in [9.17, 15) is 11.8 Å². The van der Waals surface area contributed by atoms with Crippen LogP contribution in [0.25, 0.3) is 122 Å². The van der Waals surface area contributed by atoms with E-state index in [1.54, 1.807) is 22.7 Å². The van der Waals surface area contributed by atoms with Gasteiger partial charge in [0.05, 0.1) is 55.0 Å². The quantitative estimate of drug-likeness (QED) is 0.163. The number of nitrogens with zero attached hydrogens (tertiary/aromatic N) is 4. The van der Waals surface area contributed by atoms with E-state index in [0.29, 0.717) is 16.8 Å². The van der Waals surface area contributed by atoms with Crippen LogP contribution >= 0.6 is 22.7 Å². The molecule has 0 bridgehead atoms. The summed E-state index contributed by atoms with van der Waals surface area (Å²) in [5.74, 6) is 0. The van der Waals surface area contributed by atoms with Gasteiger partial charge in [-0.05, 0) is 47.9 Å². The highest BCUT2D eigenvalue weighted by atomic mass is 32.1. The van der Waals surface area contributed by atoms with Gasteiger partial charge in [0.1, 0.15) is 6.07 Å². The third kappa shape index (κ3) is 4.88. The van der Waals surface area contributed by atoms with Crippen molar-refractivity contribution in [3.63, 3.8) is 0 Å². The lowest BCUT2D eigenvalue weighted by Crippen LogP contribution is -2.09. The molecule has 4 nitrogen and oxygen atoms in total. The van der Waals surface area contributed by atoms with Gasteiger partial charge in [0, 0.05) is 63.6 Å². The molecule has 0 saturated heterocycles. The predicted octanol–water partition coefficient (Wildman–Crippen LogP) is 16.7. The third-order valence-corrected chi connectivity index (χ3v) is 15.3. The van der Waals surface area contributed by atoms with Gasteiger partial charge in [0.15, 0.2) is 0 Å². The van der Waals surface area contributed by atoms with Gasteiger partial charge in [-0.1, -0.05) is 152 Å². The minimum absolute atomic E-state index is 0.444. The van der Waals surface area contributed by atoms with Crippen LogP contribution in [0, 0.1) is 24.8 Å². The molecular formula is C57H32N4S2. The summed E-state index contributed by atoms with van der Waals surface area (Å²) in [6.45, 7) is 11.5. The molecule has 0 N–H and O–H groups in total. The number of para-hydroxylation sites is 2. The number of hydrogen-bond acceptors (Lipinski definition) is 3. The molecular weight excluding hydrogens is 805 g/mol. The lowest BCUT2D eigenvalue weighted by Gasteiger charge is -2.26. The van der Waals surface area contributed by atoms with Crippen molar-refractivity contribution >= 4 is 112 Å². The molecule has 13 rings (SSSR count). The van der Waals surface area contributed by atoms with Crippen molar-refractivity contribution in [1.29, 1.82) is 5.26 Å². The number of fused-ring (bicyclic) bond motifs is 14. The second-order valence-corrected chi connectivity index (χ2v) is 18.3. The molecule has 4 heterocycles. The number of benzene rings is 9. The minimum atomic E-state index is 0.444. The van der Waals surface area contributed by atoms with Gasteiger partial charge in [0.2, 0.25) is 5.69 Å². The van der Waals surface area contributed by atoms with Crippen LogP contribution in [0.4, 0.5) is 5.69 Å². The Hall–Kier alpha value is -8.00. The molecule has 4 aromatic heterocycles. The molecule has 0 spiro atoms. The molecule has 6 heteroatoms. The molecule has 0 atom stereocenters. The summed E-state index contributed by atoms with van der Waals surface area (Å²) in [4.78, 5) is 4.62. The zero-order valence-corrected chi connectivity index (χ0v) is 35.5. The van der Waals surface area contributed by atoms with E-state index in [2.05, 4.69) is 185 Å². The van der Waals surface area contributed by atoms with Crippen LogP contribution in [-0.4, -0.2) is 9.13 Å². The Morgan fingerprint density at radius 3 is 1.52 bits per heavy atom. The second-order valence-electron chi connectivity index (χ2n) is 16.2. The van der Waals surface area contributed by atoms with Gasteiger partial charge in [-0.25, -0.2) is 4.85 Å². The largest absolute Gasteiger partial charge is 0.316 e. The zero-order chi connectivity index (χ0) is 41.9. The smallest absolute Gasteiger partial charge is 0.220 e. The van der Waals surface area contributed by atoms with E-state index in [-0.39, 0.29) is 0 Å². The molecule has 9 aromatic carbocycles. The summed E-state index contributed by atoms with van der Waals surface area (Å²) in [5, 5.41) is 21.1. The molecule has 0 saturated carbocycles. The van der Waals surface area contributed by atoms with Crippen molar-refractivity contribution in [3.05, 3.63) is 198 Å². The fourth-order valence-corrected chi connectivity index (χ4v) is 12.8. The zero-order valence-electron chi connectivity index (χ0n) is 33.8. The second kappa shape index (κ2) is 13.5. The van der Waals surface area contributed by atoms with E-state index >= 15 is 0 Å². The summed E-state index contributed by atoms with van der Waals surface area (Å²) in [7, 11) is 0. The predicted molar refractivity (Wildman–Crippen MR) is 267 cm³/mol. The number of nitriles is 1. The van der Waals surface area contributed by atoms with E-state index in [1.807, 2.05) is 18.2 Å². The SMILES string of the molecule is [C-]#[N+]c1c(-c2ccccc2C)c(C#N)c(-n2c3ccccc3c3ccccc32)c(-c2ccccc2)c1-n1c2c(ccc3c4ccccc4sc32)c2ccc3c4ccccc4sc3c21. The Labute approximate surface area is 369 Å². The first-order valence-corrected chi connectivity index (χ1v) is 22.6. The maximum atomic E-state index is 11.8. The van der Waals surface area contributed by atoms with Crippen molar-refractivity contribution in [2.75, 3.05) is 0 Å². The normalized spacial score (nSPS) is 11.9. The average Bonchev–Trinajstić information content (AvgIpc) is 4.09. The van der Waals surface area contributed by atoms with Gasteiger partial charge in [-0.3, -0.25) is 0 Å². The first kappa shape index (κ1) is 35.7. The van der Waals surface area contributed by atoms with Gasteiger partial charge in [-0.15, -0.1) is 22.7 Å². The number of thiophene rings is 2. The van der Waals surface area contributed by atoms with Gasteiger partial charge in [0.25, 0.3) is 0 Å². The van der Waals surface area contributed by atoms with Crippen LogP contribution in [0.2, 0.25) is 0 Å². The molecule has 13 aromatic rings. The van der Waals surface area contributed by atoms with Crippen LogP contribution < -0.4 is 0 Å². The standard InChI is InChI=1S/C57H32N4S2/c1-33-16-6-7-19-35(33)50-44(32-58)52(60-45-24-12-8-20-36(45)37-21-9-13-25-46(37)60)49(34-17-4-3-5-18-34)55(51(50)59-2)61-53-40(28-30-42-38-22-10-14-26-47(38)62-56(42)53)41-29-31-43-39-23-11-15-27-48(39)63-57(43)54(41)61/h3-31H,1H3. The number of rotatable bonds is 4. The maximum absolute atomic E-state index is 11.8. The minimum Gasteiger partial charge on any atom is -0.316 e. The van der Waals surface area contributed by atoms with Crippen LogP contribution in [0.5, 0.6) is 0 Å². The van der Waals surface area contributed by atoms with Gasteiger partial charge >= 0.3 is 0 Å². The molecule has 0 aliphatic heterocycles. The van der Waals surface area contributed by atoms with Gasteiger partial charge in [-0.2, -0.15) is 5.26 Å². The molecule has 0 fully saturated rings. The average molecular weight is 837 g/mol. The lowest BCUT2D eigenvalue weighted by atomic mass is 9.87. The fourth-order valence-electron chi connectivity index (χ4n) is 10.3. The first-order valence-electron chi connectivity index (χ1n) is 20.9. The van der Waals surface area contributed by atoms with Crippen molar-refractivity contribution in [1.82, 2.24) is 9.13 Å². The highest BCUT2D eigenvalue weighted by molar-refractivity contribution is 7.27. The lowest BCUT2D eigenvalue weighted by molar-refractivity contribution is 1.14. The Kier molecular flexibility index (Phi) is 7.66. The molecule has 63 heavy (non-hydrogen) atoms. The van der Waals surface area contributed by atoms with E-state index in [0.717, 1.165) is 86.6 Å². The van der Waals surface area contributed by atoms with Crippen LogP contribution in [0.1, 0.15) is 11.1 Å². The topological polar surface area (TPSA) is 38.0 Å². The van der Waals surface area contributed by atoms with E-state index in [1.165, 1.54) is 30.9 Å². The van der Waals surface area contributed by atoms with Crippen LogP contribution in [0.3, 0.4) is 0 Å². The van der Waals surface area contributed by atoms with Gasteiger partial charge < -0.3 is 9.13 Å². The van der Waals surface area contributed by atoms with Crippen molar-refractivity contribution in [2.45, 2.75) is 6.92 Å². The summed E-state index contributed by atoms with van der Waals surface area (Å²) in [6.07, 6.45) is 0. The number of aromatic nitrogens is 2. The summed E-state index contributed by atoms with van der Waals surface area (Å²) < 4.78 is 9.48. The Balaban J connectivity index is 1.38. The molecule has 0 aliphatic rings. The summed E-state index contributed by atoms with van der Waals surface area (Å²) in [5.41, 5.74) is 10.8. The highest BCUT2D eigenvalue weighted by Gasteiger charge is 2.33. The fraction of sp³-hybridized carbons (Fsp3) is 0.0175. The Morgan fingerprint density at radius 2 is 0.968 bits per heavy atom. The first-order chi connectivity index (χ1) is 31.1. The van der Waals surface area contributed by atoms with Crippen molar-refractivity contribution in [3.8, 4) is 39.7 Å². The van der Waals surface area contributed by atoms with Crippen LogP contribution in [-0.2, 0) is 0 Å². The third-order valence-electron chi connectivity index (χ3n) is 12.9. The maximum Gasteiger partial charge on any atom is 0.220 e. The van der Waals surface area contributed by atoms with E-state index < -0.39 is 0 Å². The molecule has 0 radical (unpaired) electrons. The highest BCUT2D eigenvalue weighted by Crippen LogP contribution is 2.55. The number of aryl methyl sites for hydroxylation is 1. The monoisotopic (exact) mass is 836 g/mol. The van der Waals surface area contributed by atoms with Crippen molar-refractivity contribution < 1.29 is 0 Å². The summed E-state index contributed by atoms with van der Waals surface area (Å²) in [6, 6.07) is 64.8. The number of hydrogen-bond donors (Lipinski definition) is 0. The Morgan fingerprint density at radius 1 is 0.476 bits per heavy atom. The van der Waals surface area contributed by atoms with Crippen molar-refractivity contribution in [2.24, 2.45) is 0 Å². The molecule has 0 aliphatic carbocycles. The molecule has 292 valence electrons. The molecule has 0 amide bonds. The Bertz CT molecular complexity index is 4000. The van der Waals surface area contributed by atoms with Crippen LogP contribution in [0.15, 0.2) is 176 Å². The molecule has 0 unspecified atom stereocenters. The summed E-state index contributed by atoms with van der Waals surface area (Å²) >= 11 is 3.61. The van der Waals surface area contributed by atoms with E-state index in [4.69, 9.17) is 0 Å².